The number of benzene rings is 1. The standard InChI is InChI=1S/C16H18N4S.2ClH/c1-3-16-17-7-8-19(16)10-13-11-20(12-18-13)14-5-4-6-15(9-14)21-2;;/h4-9,11-12H,3,10H2,1-2H3;2*1H. The second-order valence-corrected chi connectivity index (χ2v) is 5.68. The molecule has 3 rings (SSSR count). The molecule has 7 heteroatoms. The lowest BCUT2D eigenvalue weighted by molar-refractivity contribution is 0.719. The molecule has 0 aliphatic rings. The Morgan fingerprint density at radius 2 is 2.00 bits per heavy atom. The lowest BCUT2D eigenvalue weighted by atomic mass is 10.3. The summed E-state index contributed by atoms with van der Waals surface area (Å²) in [5, 5.41) is 0. The van der Waals surface area contributed by atoms with Crippen molar-refractivity contribution in [3.8, 4) is 5.69 Å². The molecule has 0 saturated carbocycles. The number of thioether (sulfide) groups is 1. The number of aryl methyl sites for hydroxylation is 1. The molecule has 4 nitrogen and oxygen atoms in total. The maximum atomic E-state index is 4.51. The first kappa shape index (κ1) is 19.6. The van der Waals surface area contributed by atoms with E-state index in [1.807, 2.05) is 18.7 Å². The molecule has 0 aliphatic heterocycles. The Labute approximate surface area is 153 Å². The van der Waals surface area contributed by atoms with Gasteiger partial charge in [0.2, 0.25) is 0 Å². The summed E-state index contributed by atoms with van der Waals surface area (Å²) in [6, 6.07) is 8.46. The molecule has 0 bridgehead atoms. The highest BCUT2D eigenvalue weighted by Gasteiger charge is 2.05. The summed E-state index contributed by atoms with van der Waals surface area (Å²) in [7, 11) is 0. The first-order valence-electron chi connectivity index (χ1n) is 6.97. The van der Waals surface area contributed by atoms with Crippen LogP contribution in [0.5, 0.6) is 0 Å². The van der Waals surface area contributed by atoms with Gasteiger partial charge in [0, 0.05) is 35.6 Å². The molecule has 0 saturated heterocycles. The summed E-state index contributed by atoms with van der Waals surface area (Å²) in [6.45, 7) is 2.88. The molecule has 0 aliphatic carbocycles. The Kier molecular flexibility index (Phi) is 7.68. The van der Waals surface area contributed by atoms with E-state index < -0.39 is 0 Å². The molecule has 0 spiro atoms. The van der Waals surface area contributed by atoms with Crippen LogP contribution in [-0.4, -0.2) is 25.4 Å². The lowest BCUT2D eigenvalue weighted by Gasteiger charge is -2.04. The van der Waals surface area contributed by atoms with Gasteiger partial charge < -0.3 is 9.13 Å². The predicted molar refractivity (Wildman–Crippen MR) is 101 cm³/mol. The fourth-order valence-corrected chi connectivity index (χ4v) is 2.78. The molecule has 0 fully saturated rings. The third kappa shape index (κ3) is 4.53. The zero-order chi connectivity index (χ0) is 14.7. The quantitative estimate of drug-likeness (QED) is 0.629. The molecular weight excluding hydrogens is 351 g/mol. The van der Waals surface area contributed by atoms with E-state index >= 15 is 0 Å². The van der Waals surface area contributed by atoms with E-state index in [9.17, 15) is 0 Å². The number of halogens is 2. The molecular formula is C16H20Cl2N4S. The number of rotatable bonds is 5. The molecule has 0 radical (unpaired) electrons. The second kappa shape index (κ2) is 9.01. The molecule has 3 aromatic rings. The van der Waals surface area contributed by atoms with Gasteiger partial charge in [-0.05, 0) is 24.5 Å². The average molecular weight is 371 g/mol. The van der Waals surface area contributed by atoms with Crippen molar-refractivity contribution in [3.05, 3.63) is 60.7 Å². The van der Waals surface area contributed by atoms with Crippen LogP contribution < -0.4 is 0 Å². The molecule has 0 atom stereocenters. The van der Waals surface area contributed by atoms with Crippen molar-refractivity contribution in [3.63, 3.8) is 0 Å². The molecule has 23 heavy (non-hydrogen) atoms. The minimum atomic E-state index is 0. The number of aromatic nitrogens is 4. The van der Waals surface area contributed by atoms with Crippen molar-refractivity contribution in [1.82, 2.24) is 19.1 Å². The summed E-state index contributed by atoms with van der Waals surface area (Å²) in [6.07, 6.45) is 10.8. The third-order valence-corrected chi connectivity index (χ3v) is 4.16. The molecule has 0 unspecified atom stereocenters. The number of hydrogen-bond acceptors (Lipinski definition) is 3. The molecule has 0 N–H and O–H groups in total. The SMILES string of the molecule is CCc1nccn1Cc1cn(-c2cccc(SC)c2)cn1.Cl.Cl. The van der Waals surface area contributed by atoms with Gasteiger partial charge in [-0.15, -0.1) is 36.6 Å². The molecule has 0 amide bonds. The molecule has 1 aromatic carbocycles. The minimum Gasteiger partial charge on any atom is -0.329 e. The van der Waals surface area contributed by atoms with Crippen molar-refractivity contribution in [1.29, 1.82) is 0 Å². The van der Waals surface area contributed by atoms with Gasteiger partial charge in [0.15, 0.2) is 0 Å². The maximum Gasteiger partial charge on any atom is 0.108 e. The van der Waals surface area contributed by atoms with Crippen LogP contribution in [0.25, 0.3) is 5.69 Å². The van der Waals surface area contributed by atoms with E-state index in [0.717, 1.165) is 30.2 Å². The lowest BCUT2D eigenvalue weighted by Crippen LogP contribution is -2.03. The average Bonchev–Trinajstić information content (AvgIpc) is 3.17. The Hall–Kier alpha value is -1.43. The second-order valence-electron chi connectivity index (χ2n) is 4.80. The van der Waals surface area contributed by atoms with E-state index in [2.05, 4.69) is 62.7 Å². The Balaban J connectivity index is 0.00000132. The van der Waals surface area contributed by atoms with E-state index in [1.54, 1.807) is 11.8 Å². The van der Waals surface area contributed by atoms with Gasteiger partial charge in [-0.25, -0.2) is 9.97 Å². The highest BCUT2D eigenvalue weighted by molar-refractivity contribution is 7.98. The van der Waals surface area contributed by atoms with E-state index in [1.165, 1.54) is 4.90 Å². The van der Waals surface area contributed by atoms with Crippen molar-refractivity contribution in [2.75, 3.05) is 6.26 Å². The minimum absolute atomic E-state index is 0. The molecule has 2 heterocycles. The van der Waals surface area contributed by atoms with Gasteiger partial charge in [-0.1, -0.05) is 13.0 Å². The Bertz CT molecular complexity index is 739. The van der Waals surface area contributed by atoms with E-state index in [4.69, 9.17) is 0 Å². The Morgan fingerprint density at radius 3 is 2.74 bits per heavy atom. The van der Waals surface area contributed by atoms with Crippen LogP contribution in [0.2, 0.25) is 0 Å². The van der Waals surface area contributed by atoms with Gasteiger partial charge in [-0.3, -0.25) is 0 Å². The summed E-state index contributed by atoms with van der Waals surface area (Å²) in [5.41, 5.74) is 2.18. The van der Waals surface area contributed by atoms with Gasteiger partial charge in [0.25, 0.3) is 0 Å². The van der Waals surface area contributed by atoms with Gasteiger partial charge in [0.05, 0.1) is 18.6 Å². The van der Waals surface area contributed by atoms with Crippen molar-refractivity contribution in [2.45, 2.75) is 24.8 Å². The maximum absolute atomic E-state index is 4.51. The third-order valence-electron chi connectivity index (χ3n) is 3.44. The topological polar surface area (TPSA) is 35.6 Å². The van der Waals surface area contributed by atoms with Gasteiger partial charge in [-0.2, -0.15) is 0 Å². The van der Waals surface area contributed by atoms with Gasteiger partial charge >= 0.3 is 0 Å². The number of imidazole rings is 2. The monoisotopic (exact) mass is 370 g/mol. The van der Waals surface area contributed by atoms with Crippen LogP contribution in [0.3, 0.4) is 0 Å². The van der Waals surface area contributed by atoms with E-state index in [-0.39, 0.29) is 24.8 Å². The normalized spacial score (nSPS) is 10.0. The number of nitrogens with zero attached hydrogens (tertiary/aromatic N) is 4. The predicted octanol–water partition coefficient (Wildman–Crippen LogP) is 4.25. The first-order chi connectivity index (χ1) is 10.3. The van der Waals surface area contributed by atoms with Crippen LogP contribution in [0.4, 0.5) is 0 Å². The smallest absolute Gasteiger partial charge is 0.108 e. The zero-order valence-corrected chi connectivity index (χ0v) is 15.5. The van der Waals surface area contributed by atoms with Crippen LogP contribution >= 0.6 is 36.6 Å². The van der Waals surface area contributed by atoms with Crippen LogP contribution in [0.15, 0.2) is 54.1 Å². The molecule has 124 valence electrons. The zero-order valence-electron chi connectivity index (χ0n) is 13.0. The first-order valence-corrected chi connectivity index (χ1v) is 8.20. The summed E-state index contributed by atoms with van der Waals surface area (Å²) in [4.78, 5) is 10.1. The van der Waals surface area contributed by atoms with Crippen LogP contribution in [-0.2, 0) is 13.0 Å². The van der Waals surface area contributed by atoms with Crippen LogP contribution in [0, 0.1) is 0 Å². The summed E-state index contributed by atoms with van der Waals surface area (Å²) < 4.78 is 4.21. The highest BCUT2D eigenvalue weighted by atomic mass is 35.5. The van der Waals surface area contributed by atoms with Crippen molar-refractivity contribution < 1.29 is 0 Å². The van der Waals surface area contributed by atoms with Crippen LogP contribution in [0.1, 0.15) is 18.4 Å². The highest BCUT2D eigenvalue weighted by Crippen LogP contribution is 2.19. The Morgan fingerprint density at radius 1 is 1.17 bits per heavy atom. The van der Waals surface area contributed by atoms with Crippen molar-refractivity contribution >= 4 is 36.6 Å². The van der Waals surface area contributed by atoms with Gasteiger partial charge in [0.1, 0.15) is 5.82 Å². The van der Waals surface area contributed by atoms with Crippen molar-refractivity contribution in [2.24, 2.45) is 0 Å². The fourth-order valence-electron chi connectivity index (χ4n) is 2.33. The fraction of sp³-hybridized carbons (Fsp3) is 0.250. The summed E-state index contributed by atoms with van der Waals surface area (Å²) >= 11 is 1.75. The number of hydrogen-bond donors (Lipinski definition) is 0. The van der Waals surface area contributed by atoms with E-state index in [0.29, 0.717) is 0 Å². The largest absolute Gasteiger partial charge is 0.329 e. The summed E-state index contributed by atoms with van der Waals surface area (Å²) in [5.74, 6) is 1.09. The molecule has 2 aromatic heterocycles.